The molecule has 0 fully saturated rings. The summed E-state index contributed by atoms with van der Waals surface area (Å²) in [6.07, 6.45) is 3.14. The first-order chi connectivity index (χ1) is 11.3. The molecule has 2 aromatic carbocycles. The van der Waals surface area contributed by atoms with Crippen LogP contribution in [0.3, 0.4) is 0 Å². The molecule has 0 aromatic heterocycles. The third kappa shape index (κ3) is 5.05. The van der Waals surface area contributed by atoms with Gasteiger partial charge in [0.05, 0.1) is 6.04 Å². The molecule has 0 aliphatic rings. The SMILES string of the molecule is C[C@H](NC(=O)/C=C/c1ccc(F)cc1)c1ccc(C(C)(C)C)cc1. The van der Waals surface area contributed by atoms with Crippen molar-refractivity contribution in [2.24, 2.45) is 0 Å². The number of carbonyl (C=O) groups is 1. The van der Waals surface area contributed by atoms with Crippen LogP contribution >= 0.6 is 0 Å². The maximum atomic E-state index is 12.8. The molecule has 0 radical (unpaired) electrons. The number of nitrogens with one attached hydrogen (secondary N) is 1. The highest BCUT2D eigenvalue weighted by atomic mass is 19.1. The zero-order valence-corrected chi connectivity index (χ0v) is 14.6. The maximum absolute atomic E-state index is 12.8. The van der Waals surface area contributed by atoms with E-state index in [1.807, 2.05) is 6.92 Å². The van der Waals surface area contributed by atoms with Crippen LogP contribution < -0.4 is 5.32 Å². The lowest BCUT2D eigenvalue weighted by molar-refractivity contribution is -0.117. The minimum atomic E-state index is -0.288. The number of hydrogen-bond acceptors (Lipinski definition) is 1. The second kappa shape index (κ2) is 7.43. The van der Waals surface area contributed by atoms with Crippen molar-refractivity contribution in [3.63, 3.8) is 0 Å². The first kappa shape index (κ1) is 17.9. The summed E-state index contributed by atoms with van der Waals surface area (Å²) >= 11 is 0. The highest BCUT2D eigenvalue weighted by Crippen LogP contribution is 2.23. The number of halogens is 1. The third-order valence-corrected chi connectivity index (χ3v) is 3.93. The molecule has 2 nitrogen and oxygen atoms in total. The summed E-state index contributed by atoms with van der Waals surface area (Å²) in [5.41, 5.74) is 3.23. The Labute approximate surface area is 143 Å². The van der Waals surface area contributed by atoms with Crippen LogP contribution in [0, 0.1) is 5.82 Å². The minimum absolute atomic E-state index is 0.0793. The third-order valence-electron chi connectivity index (χ3n) is 3.93. The van der Waals surface area contributed by atoms with Crippen molar-refractivity contribution in [3.05, 3.63) is 77.1 Å². The molecule has 2 aromatic rings. The van der Waals surface area contributed by atoms with Crippen molar-refractivity contribution in [2.45, 2.75) is 39.2 Å². The summed E-state index contributed by atoms with van der Waals surface area (Å²) in [7, 11) is 0. The van der Waals surface area contributed by atoms with Gasteiger partial charge in [0.25, 0.3) is 0 Å². The number of rotatable bonds is 4. The van der Waals surface area contributed by atoms with E-state index in [-0.39, 0.29) is 23.2 Å². The molecule has 0 aliphatic carbocycles. The molecular weight excluding hydrogens is 301 g/mol. The van der Waals surface area contributed by atoms with Crippen molar-refractivity contribution in [3.8, 4) is 0 Å². The molecule has 2 rings (SSSR count). The van der Waals surface area contributed by atoms with Gasteiger partial charge in [-0.05, 0) is 47.2 Å². The molecule has 126 valence electrons. The standard InChI is InChI=1S/C21H24FNO/c1-15(17-8-10-18(11-9-17)21(2,3)4)23-20(24)14-7-16-5-12-19(22)13-6-16/h5-15H,1-4H3,(H,23,24)/b14-7+/t15-/m0/s1. The molecule has 0 heterocycles. The Morgan fingerprint density at radius 3 is 2.17 bits per heavy atom. The maximum Gasteiger partial charge on any atom is 0.244 e. The van der Waals surface area contributed by atoms with Gasteiger partial charge in [0.15, 0.2) is 0 Å². The van der Waals surface area contributed by atoms with Crippen LogP contribution in [0.2, 0.25) is 0 Å². The summed E-state index contributed by atoms with van der Waals surface area (Å²) in [6, 6.07) is 14.2. The predicted octanol–water partition coefficient (Wildman–Crippen LogP) is 5.01. The predicted molar refractivity (Wildman–Crippen MR) is 97.1 cm³/mol. The van der Waals surface area contributed by atoms with Gasteiger partial charge in [-0.15, -0.1) is 0 Å². The van der Waals surface area contributed by atoms with Crippen LogP contribution in [-0.2, 0) is 10.2 Å². The molecule has 0 spiro atoms. The van der Waals surface area contributed by atoms with Gasteiger partial charge < -0.3 is 5.32 Å². The number of amides is 1. The van der Waals surface area contributed by atoms with Crippen LogP contribution in [0.1, 0.15) is 50.4 Å². The molecule has 1 N–H and O–H groups in total. The average molecular weight is 325 g/mol. The van der Waals surface area contributed by atoms with Gasteiger partial charge in [-0.1, -0.05) is 57.2 Å². The molecule has 0 bridgehead atoms. The van der Waals surface area contributed by atoms with Crippen LogP contribution in [0.4, 0.5) is 4.39 Å². The largest absolute Gasteiger partial charge is 0.346 e. The Bertz CT molecular complexity index is 709. The fourth-order valence-electron chi connectivity index (χ4n) is 2.36. The van der Waals surface area contributed by atoms with E-state index in [0.717, 1.165) is 11.1 Å². The highest BCUT2D eigenvalue weighted by Gasteiger charge is 2.14. The van der Waals surface area contributed by atoms with Crippen LogP contribution in [0.5, 0.6) is 0 Å². The van der Waals surface area contributed by atoms with E-state index in [4.69, 9.17) is 0 Å². The Morgan fingerprint density at radius 2 is 1.62 bits per heavy atom. The minimum Gasteiger partial charge on any atom is -0.346 e. The Kier molecular flexibility index (Phi) is 5.55. The second-order valence-electron chi connectivity index (χ2n) is 6.99. The van der Waals surface area contributed by atoms with E-state index in [9.17, 15) is 9.18 Å². The average Bonchev–Trinajstić information content (AvgIpc) is 2.53. The summed E-state index contributed by atoms with van der Waals surface area (Å²) in [4.78, 5) is 12.0. The Morgan fingerprint density at radius 1 is 1.04 bits per heavy atom. The Balaban J connectivity index is 1.97. The molecule has 0 aliphatic heterocycles. The van der Waals surface area contributed by atoms with Crippen molar-refractivity contribution in [1.82, 2.24) is 5.32 Å². The molecule has 1 amide bonds. The molecule has 0 unspecified atom stereocenters. The quantitative estimate of drug-likeness (QED) is 0.786. The molecular formula is C21H24FNO. The van der Waals surface area contributed by atoms with Gasteiger partial charge in [-0.25, -0.2) is 4.39 Å². The van der Waals surface area contributed by atoms with Crippen LogP contribution in [0.15, 0.2) is 54.6 Å². The summed E-state index contributed by atoms with van der Waals surface area (Å²) < 4.78 is 12.8. The monoisotopic (exact) mass is 325 g/mol. The molecule has 1 atom stereocenters. The van der Waals surface area contributed by atoms with Gasteiger partial charge in [-0.3, -0.25) is 4.79 Å². The number of hydrogen-bond donors (Lipinski definition) is 1. The molecule has 24 heavy (non-hydrogen) atoms. The van der Waals surface area contributed by atoms with E-state index in [1.165, 1.54) is 23.8 Å². The first-order valence-electron chi connectivity index (χ1n) is 8.10. The van der Waals surface area contributed by atoms with E-state index in [1.54, 1.807) is 18.2 Å². The van der Waals surface area contributed by atoms with Gasteiger partial charge in [0, 0.05) is 6.08 Å². The molecule has 3 heteroatoms. The van der Waals surface area contributed by atoms with Gasteiger partial charge in [0.1, 0.15) is 5.82 Å². The first-order valence-corrected chi connectivity index (χ1v) is 8.10. The fourth-order valence-corrected chi connectivity index (χ4v) is 2.36. The lowest BCUT2D eigenvalue weighted by Crippen LogP contribution is -2.24. The molecule has 0 saturated heterocycles. The van der Waals surface area contributed by atoms with Crippen molar-refractivity contribution in [1.29, 1.82) is 0 Å². The van der Waals surface area contributed by atoms with Crippen molar-refractivity contribution >= 4 is 12.0 Å². The Hall–Kier alpha value is -2.42. The number of carbonyl (C=O) groups excluding carboxylic acids is 1. The van der Waals surface area contributed by atoms with Gasteiger partial charge in [0.2, 0.25) is 5.91 Å². The lowest BCUT2D eigenvalue weighted by atomic mass is 9.86. The van der Waals surface area contributed by atoms with E-state index in [0.29, 0.717) is 0 Å². The van der Waals surface area contributed by atoms with Crippen LogP contribution in [-0.4, -0.2) is 5.91 Å². The zero-order chi connectivity index (χ0) is 17.7. The number of benzene rings is 2. The summed E-state index contributed by atoms with van der Waals surface area (Å²) in [5.74, 6) is -0.462. The van der Waals surface area contributed by atoms with E-state index < -0.39 is 0 Å². The van der Waals surface area contributed by atoms with Crippen LogP contribution in [0.25, 0.3) is 6.08 Å². The molecule has 0 saturated carbocycles. The summed E-state index contributed by atoms with van der Waals surface area (Å²) in [6.45, 7) is 8.48. The fraction of sp³-hybridized carbons (Fsp3) is 0.286. The van der Waals surface area contributed by atoms with Crippen molar-refractivity contribution < 1.29 is 9.18 Å². The van der Waals surface area contributed by atoms with E-state index in [2.05, 4.69) is 50.4 Å². The normalized spacial score (nSPS) is 13.0. The second-order valence-corrected chi connectivity index (χ2v) is 6.99. The summed E-state index contributed by atoms with van der Waals surface area (Å²) in [5, 5.41) is 2.94. The zero-order valence-electron chi connectivity index (χ0n) is 14.6. The highest BCUT2D eigenvalue weighted by molar-refractivity contribution is 5.91. The lowest BCUT2D eigenvalue weighted by Gasteiger charge is -2.20. The topological polar surface area (TPSA) is 29.1 Å². The smallest absolute Gasteiger partial charge is 0.244 e. The van der Waals surface area contributed by atoms with Gasteiger partial charge >= 0.3 is 0 Å². The van der Waals surface area contributed by atoms with Crippen molar-refractivity contribution in [2.75, 3.05) is 0 Å². The van der Waals surface area contributed by atoms with Gasteiger partial charge in [-0.2, -0.15) is 0 Å². The van der Waals surface area contributed by atoms with E-state index >= 15 is 0 Å².